The smallest absolute Gasteiger partial charge is 0.259 e. The number of nitrogens with one attached hydrogen (secondary N) is 1. The van der Waals surface area contributed by atoms with Gasteiger partial charge in [0.15, 0.2) is 0 Å². The Morgan fingerprint density at radius 2 is 2.00 bits per heavy atom. The van der Waals surface area contributed by atoms with Crippen LogP contribution in [-0.2, 0) is 0 Å². The Kier molecular flexibility index (Phi) is 4.60. The molecule has 4 nitrogen and oxygen atoms in total. The van der Waals surface area contributed by atoms with Gasteiger partial charge in [-0.15, -0.1) is 0 Å². The molecule has 20 heavy (non-hydrogen) atoms. The average Bonchev–Trinajstić information content (AvgIpc) is 2.45. The van der Waals surface area contributed by atoms with Crippen LogP contribution >= 0.6 is 0 Å². The maximum Gasteiger partial charge on any atom is 0.259 e. The van der Waals surface area contributed by atoms with Gasteiger partial charge in [-0.05, 0) is 30.7 Å². The van der Waals surface area contributed by atoms with Crippen molar-refractivity contribution in [1.29, 1.82) is 0 Å². The molecule has 0 aliphatic rings. The maximum atomic E-state index is 12.2. The summed E-state index contributed by atoms with van der Waals surface area (Å²) in [5, 5.41) is 12.1. The third-order valence-electron chi connectivity index (χ3n) is 2.70. The van der Waals surface area contributed by atoms with Crippen LogP contribution in [0.5, 0.6) is 11.5 Å². The van der Waals surface area contributed by atoms with Gasteiger partial charge in [0.25, 0.3) is 5.91 Å². The highest BCUT2D eigenvalue weighted by molar-refractivity contribution is 6.06. The average molecular weight is 271 g/mol. The van der Waals surface area contributed by atoms with E-state index in [4.69, 9.17) is 4.74 Å². The summed E-state index contributed by atoms with van der Waals surface area (Å²) in [6.45, 7) is 2.58. The predicted octanol–water partition coefficient (Wildman–Crippen LogP) is 3.43. The molecule has 0 radical (unpaired) electrons. The van der Waals surface area contributed by atoms with E-state index in [1.165, 1.54) is 6.07 Å². The minimum Gasteiger partial charge on any atom is -0.508 e. The summed E-state index contributed by atoms with van der Waals surface area (Å²) in [6.07, 6.45) is 0.877. The molecule has 2 aromatic carbocycles. The third-order valence-corrected chi connectivity index (χ3v) is 2.70. The molecular weight excluding hydrogens is 254 g/mol. The van der Waals surface area contributed by atoms with E-state index in [0.29, 0.717) is 23.6 Å². The second-order valence-electron chi connectivity index (χ2n) is 4.35. The van der Waals surface area contributed by atoms with E-state index in [1.807, 2.05) is 13.0 Å². The Morgan fingerprint density at radius 1 is 1.20 bits per heavy atom. The number of carbonyl (C=O) groups is 1. The minimum atomic E-state index is -0.262. The Bertz CT molecular complexity index is 596. The molecule has 2 rings (SSSR count). The number of rotatable bonds is 5. The number of benzene rings is 2. The van der Waals surface area contributed by atoms with E-state index < -0.39 is 0 Å². The first kappa shape index (κ1) is 13.9. The van der Waals surface area contributed by atoms with E-state index >= 15 is 0 Å². The van der Waals surface area contributed by atoms with Crippen LogP contribution in [0.15, 0.2) is 48.5 Å². The predicted molar refractivity (Wildman–Crippen MR) is 78.3 cm³/mol. The molecular formula is C16H17NO3. The highest BCUT2D eigenvalue weighted by Gasteiger charge is 2.12. The summed E-state index contributed by atoms with van der Waals surface area (Å²) in [5.41, 5.74) is 1.02. The number of amides is 1. The Hall–Kier alpha value is -2.49. The molecule has 0 heterocycles. The van der Waals surface area contributed by atoms with Crippen LogP contribution in [0.25, 0.3) is 0 Å². The summed E-state index contributed by atoms with van der Waals surface area (Å²) in [5.74, 6) is 0.410. The van der Waals surface area contributed by atoms with E-state index in [1.54, 1.807) is 36.4 Å². The lowest BCUT2D eigenvalue weighted by Gasteiger charge is -2.11. The zero-order chi connectivity index (χ0) is 14.4. The normalized spacial score (nSPS) is 10.1. The molecule has 0 fully saturated rings. The third kappa shape index (κ3) is 3.51. The number of hydrogen-bond donors (Lipinski definition) is 2. The number of carbonyl (C=O) groups excluding carboxylic acids is 1. The summed E-state index contributed by atoms with van der Waals surface area (Å²) < 4.78 is 5.56. The number of aromatic hydroxyl groups is 1. The molecule has 0 bridgehead atoms. The van der Waals surface area contributed by atoms with Crippen molar-refractivity contribution in [3.8, 4) is 11.5 Å². The lowest BCUT2D eigenvalue weighted by molar-refractivity contribution is 0.102. The van der Waals surface area contributed by atoms with Gasteiger partial charge >= 0.3 is 0 Å². The maximum absolute atomic E-state index is 12.2. The second kappa shape index (κ2) is 6.61. The standard InChI is InChI=1S/C16H17NO3/c1-2-10-20-15-9-4-3-8-14(15)16(19)17-12-6-5-7-13(18)11-12/h3-9,11,18H,2,10H2,1H3,(H,17,19). The topological polar surface area (TPSA) is 58.6 Å². The van der Waals surface area contributed by atoms with Gasteiger partial charge in [0.05, 0.1) is 12.2 Å². The van der Waals surface area contributed by atoms with Gasteiger partial charge in [-0.25, -0.2) is 0 Å². The van der Waals surface area contributed by atoms with E-state index in [-0.39, 0.29) is 11.7 Å². The van der Waals surface area contributed by atoms with Crippen LogP contribution in [0.2, 0.25) is 0 Å². The van der Waals surface area contributed by atoms with Crippen LogP contribution in [0.3, 0.4) is 0 Å². The first-order chi connectivity index (χ1) is 9.70. The van der Waals surface area contributed by atoms with Gasteiger partial charge in [0.2, 0.25) is 0 Å². The summed E-state index contributed by atoms with van der Waals surface area (Å²) in [6, 6.07) is 13.5. The molecule has 4 heteroatoms. The van der Waals surface area contributed by atoms with Crippen molar-refractivity contribution in [2.75, 3.05) is 11.9 Å². The number of para-hydroxylation sites is 1. The van der Waals surface area contributed by atoms with Crippen molar-refractivity contribution in [3.05, 3.63) is 54.1 Å². The number of hydrogen-bond acceptors (Lipinski definition) is 3. The lowest BCUT2D eigenvalue weighted by atomic mass is 10.2. The van der Waals surface area contributed by atoms with Gasteiger partial charge in [-0.3, -0.25) is 4.79 Å². The Labute approximate surface area is 118 Å². The van der Waals surface area contributed by atoms with Gasteiger partial charge in [-0.1, -0.05) is 25.1 Å². The highest BCUT2D eigenvalue weighted by atomic mass is 16.5. The number of ether oxygens (including phenoxy) is 1. The monoisotopic (exact) mass is 271 g/mol. The Morgan fingerprint density at radius 3 is 2.75 bits per heavy atom. The molecule has 0 saturated carbocycles. The number of phenolic OH excluding ortho intramolecular Hbond substituents is 1. The van der Waals surface area contributed by atoms with Gasteiger partial charge < -0.3 is 15.2 Å². The second-order valence-corrected chi connectivity index (χ2v) is 4.35. The first-order valence-corrected chi connectivity index (χ1v) is 6.53. The largest absolute Gasteiger partial charge is 0.508 e. The molecule has 104 valence electrons. The molecule has 0 aliphatic heterocycles. The minimum absolute atomic E-state index is 0.110. The molecule has 1 amide bonds. The fourth-order valence-electron chi connectivity index (χ4n) is 1.77. The zero-order valence-electron chi connectivity index (χ0n) is 11.3. The summed E-state index contributed by atoms with van der Waals surface area (Å²) in [4.78, 5) is 12.2. The highest BCUT2D eigenvalue weighted by Crippen LogP contribution is 2.21. The quantitative estimate of drug-likeness (QED) is 0.875. The van der Waals surface area contributed by atoms with E-state index in [2.05, 4.69) is 5.32 Å². The zero-order valence-corrected chi connectivity index (χ0v) is 11.3. The lowest BCUT2D eigenvalue weighted by Crippen LogP contribution is -2.13. The molecule has 0 aliphatic carbocycles. The van der Waals surface area contributed by atoms with Crippen LogP contribution in [0.4, 0.5) is 5.69 Å². The van der Waals surface area contributed by atoms with Crippen molar-refractivity contribution in [2.24, 2.45) is 0 Å². The first-order valence-electron chi connectivity index (χ1n) is 6.53. The fraction of sp³-hybridized carbons (Fsp3) is 0.188. The van der Waals surface area contributed by atoms with Crippen molar-refractivity contribution < 1.29 is 14.6 Å². The van der Waals surface area contributed by atoms with Crippen LogP contribution in [0.1, 0.15) is 23.7 Å². The molecule has 0 aromatic heterocycles. The summed E-state index contributed by atoms with van der Waals surface area (Å²) >= 11 is 0. The van der Waals surface area contributed by atoms with E-state index in [0.717, 1.165) is 6.42 Å². The van der Waals surface area contributed by atoms with Crippen molar-refractivity contribution in [1.82, 2.24) is 0 Å². The van der Waals surface area contributed by atoms with E-state index in [9.17, 15) is 9.90 Å². The van der Waals surface area contributed by atoms with Crippen molar-refractivity contribution in [3.63, 3.8) is 0 Å². The van der Waals surface area contributed by atoms with Crippen molar-refractivity contribution >= 4 is 11.6 Å². The van der Waals surface area contributed by atoms with Gasteiger partial charge in [0, 0.05) is 11.8 Å². The van der Waals surface area contributed by atoms with Crippen LogP contribution in [0, 0.1) is 0 Å². The molecule has 0 saturated heterocycles. The van der Waals surface area contributed by atoms with Gasteiger partial charge in [0.1, 0.15) is 11.5 Å². The van der Waals surface area contributed by atoms with Crippen LogP contribution in [-0.4, -0.2) is 17.6 Å². The fourth-order valence-corrected chi connectivity index (χ4v) is 1.77. The van der Waals surface area contributed by atoms with Gasteiger partial charge in [-0.2, -0.15) is 0 Å². The summed E-state index contributed by atoms with van der Waals surface area (Å²) in [7, 11) is 0. The number of phenols is 1. The molecule has 0 spiro atoms. The molecule has 2 aromatic rings. The van der Waals surface area contributed by atoms with Crippen molar-refractivity contribution in [2.45, 2.75) is 13.3 Å². The molecule has 0 unspecified atom stereocenters. The van der Waals surface area contributed by atoms with Crippen LogP contribution < -0.4 is 10.1 Å². The number of anilines is 1. The Balaban J connectivity index is 2.16. The molecule has 2 N–H and O–H groups in total. The SMILES string of the molecule is CCCOc1ccccc1C(=O)Nc1cccc(O)c1. The molecule has 0 atom stereocenters.